The largest absolute Gasteiger partial charge is 0.0922 e. The zero-order valence-electron chi connectivity index (χ0n) is 7.91. The topological polar surface area (TPSA) is 0 Å². The third-order valence-electron chi connectivity index (χ3n) is 2.65. The molecule has 1 rings (SSSR count). The van der Waals surface area contributed by atoms with Gasteiger partial charge in [-0.1, -0.05) is 36.7 Å². The zero-order valence-corrected chi connectivity index (χ0v) is 9.50. The van der Waals surface area contributed by atoms with Crippen LogP contribution in [0.4, 0.5) is 0 Å². The molecule has 11 heavy (non-hydrogen) atoms. The van der Waals surface area contributed by atoms with Crippen LogP contribution in [0.3, 0.4) is 0 Å². The highest BCUT2D eigenvalue weighted by Gasteiger charge is 2.41. The Morgan fingerprint density at radius 2 is 1.82 bits per heavy atom. The van der Waals surface area contributed by atoms with E-state index in [0.29, 0.717) is 10.8 Å². The van der Waals surface area contributed by atoms with Crippen molar-refractivity contribution in [3.05, 3.63) is 0 Å². The average Bonchev–Trinajstić information content (AvgIpc) is 2.63. The third kappa shape index (κ3) is 3.14. The second-order valence-corrected chi connectivity index (χ2v) is 5.76. The minimum atomic E-state index is 0.526. The SMILES string of the molecule is CC(C)(C)CCC1(CBr)CC1. The first-order valence-electron chi connectivity index (χ1n) is 4.54. The van der Waals surface area contributed by atoms with Crippen molar-refractivity contribution in [1.82, 2.24) is 0 Å². The van der Waals surface area contributed by atoms with Crippen molar-refractivity contribution in [3.8, 4) is 0 Å². The average molecular weight is 219 g/mol. The summed E-state index contributed by atoms with van der Waals surface area (Å²) in [6, 6.07) is 0. The standard InChI is InChI=1S/C10H19Br/c1-9(2,3)4-5-10(8-11)6-7-10/h4-8H2,1-3H3. The van der Waals surface area contributed by atoms with Crippen molar-refractivity contribution in [2.75, 3.05) is 5.33 Å². The lowest BCUT2D eigenvalue weighted by atomic mass is 9.86. The number of alkyl halides is 1. The molecular formula is C10H19Br. The van der Waals surface area contributed by atoms with Crippen molar-refractivity contribution in [2.45, 2.75) is 46.5 Å². The molecule has 1 heteroatoms. The molecular weight excluding hydrogens is 200 g/mol. The van der Waals surface area contributed by atoms with E-state index < -0.39 is 0 Å². The normalized spacial score (nSPS) is 21.8. The molecule has 1 aliphatic rings. The molecule has 66 valence electrons. The molecule has 1 aliphatic carbocycles. The van der Waals surface area contributed by atoms with Crippen LogP contribution >= 0.6 is 15.9 Å². The van der Waals surface area contributed by atoms with Crippen LogP contribution in [-0.4, -0.2) is 5.33 Å². The molecule has 0 atom stereocenters. The van der Waals surface area contributed by atoms with E-state index in [9.17, 15) is 0 Å². The van der Waals surface area contributed by atoms with E-state index in [1.54, 1.807) is 0 Å². The molecule has 0 aromatic heterocycles. The number of halogens is 1. The van der Waals surface area contributed by atoms with Gasteiger partial charge in [0.1, 0.15) is 0 Å². The molecule has 1 fully saturated rings. The maximum Gasteiger partial charge on any atom is 0.00879 e. The van der Waals surface area contributed by atoms with E-state index in [2.05, 4.69) is 36.7 Å². The summed E-state index contributed by atoms with van der Waals surface area (Å²) >= 11 is 3.60. The van der Waals surface area contributed by atoms with E-state index in [4.69, 9.17) is 0 Å². The lowest BCUT2D eigenvalue weighted by Crippen LogP contribution is -2.10. The van der Waals surface area contributed by atoms with Crippen LogP contribution < -0.4 is 0 Å². The smallest absolute Gasteiger partial charge is 0.00879 e. The fraction of sp³-hybridized carbons (Fsp3) is 1.00. The van der Waals surface area contributed by atoms with Gasteiger partial charge in [0.2, 0.25) is 0 Å². The Bertz CT molecular complexity index is 128. The summed E-state index contributed by atoms with van der Waals surface area (Å²) < 4.78 is 0. The van der Waals surface area contributed by atoms with Gasteiger partial charge in [-0.3, -0.25) is 0 Å². The summed E-state index contributed by atoms with van der Waals surface area (Å²) in [5, 5.41) is 1.22. The van der Waals surface area contributed by atoms with Gasteiger partial charge in [0.15, 0.2) is 0 Å². The molecule has 0 heterocycles. The van der Waals surface area contributed by atoms with Crippen LogP contribution in [0.5, 0.6) is 0 Å². The Hall–Kier alpha value is 0.480. The molecule has 0 N–H and O–H groups in total. The first kappa shape index (κ1) is 9.57. The fourth-order valence-electron chi connectivity index (χ4n) is 1.27. The van der Waals surface area contributed by atoms with E-state index in [-0.39, 0.29) is 0 Å². The Morgan fingerprint density at radius 3 is 2.09 bits per heavy atom. The predicted molar refractivity (Wildman–Crippen MR) is 54.2 cm³/mol. The molecule has 1 saturated carbocycles. The van der Waals surface area contributed by atoms with E-state index in [0.717, 1.165) is 0 Å². The van der Waals surface area contributed by atoms with Gasteiger partial charge < -0.3 is 0 Å². The van der Waals surface area contributed by atoms with Gasteiger partial charge in [-0.05, 0) is 36.5 Å². The van der Waals surface area contributed by atoms with Gasteiger partial charge in [0.25, 0.3) is 0 Å². The van der Waals surface area contributed by atoms with E-state index in [1.807, 2.05) is 0 Å². The predicted octanol–water partition coefficient (Wildman–Crippen LogP) is 3.99. The molecule has 0 radical (unpaired) electrons. The van der Waals surface area contributed by atoms with Gasteiger partial charge in [-0.2, -0.15) is 0 Å². The van der Waals surface area contributed by atoms with Crippen molar-refractivity contribution in [1.29, 1.82) is 0 Å². The van der Waals surface area contributed by atoms with Crippen molar-refractivity contribution in [3.63, 3.8) is 0 Å². The first-order chi connectivity index (χ1) is 4.97. The number of hydrogen-bond donors (Lipinski definition) is 0. The highest BCUT2D eigenvalue weighted by Crippen LogP contribution is 2.52. The maximum absolute atomic E-state index is 3.60. The number of rotatable bonds is 3. The first-order valence-corrected chi connectivity index (χ1v) is 5.66. The number of hydrogen-bond acceptors (Lipinski definition) is 0. The van der Waals surface area contributed by atoms with Crippen LogP contribution in [-0.2, 0) is 0 Å². The van der Waals surface area contributed by atoms with E-state index >= 15 is 0 Å². The molecule has 0 aromatic carbocycles. The maximum atomic E-state index is 3.60. The monoisotopic (exact) mass is 218 g/mol. The van der Waals surface area contributed by atoms with Crippen molar-refractivity contribution >= 4 is 15.9 Å². The van der Waals surface area contributed by atoms with Crippen LogP contribution in [0.2, 0.25) is 0 Å². The Morgan fingerprint density at radius 1 is 1.27 bits per heavy atom. The second-order valence-electron chi connectivity index (χ2n) is 5.19. The third-order valence-corrected chi connectivity index (χ3v) is 3.84. The van der Waals surface area contributed by atoms with Gasteiger partial charge in [-0.15, -0.1) is 0 Å². The Kier molecular flexibility index (Phi) is 2.68. The van der Waals surface area contributed by atoms with Crippen LogP contribution in [0, 0.1) is 10.8 Å². The Balaban J connectivity index is 2.22. The summed E-state index contributed by atoms with van der Waals surface area (Å²) in [5.41, 5.74) is 1.24. The van der Waals surface area contributed by atoms with Crippen LogP contribution in [0.25, 0.3) is 0 Å². The zero-order chi connectivity index (χ0) is 8.54. The fourth-order valence-corrected chi connectivity index (χ4v) is 2.11. The second kappa shape index (κ2) is 3.08. The molecule has 0 bridgehead atoms. The van der Waals surface area contributed by atoms with Gasteiger partial charge in [0, 0.05) is 5.33 Å². The lowest BCUT2D eigenvalue weighted by Gasteiger charge is -2.21. The Labute approximate surface area is 78.9 Å². The van der Waals surface area contributed by atoms with Crippen LogP contribution in [0.15, 0.2) is 0 Å². The summed E-state index contributed by atoms with van der Waals surface area (Å²) in [4.78, 5) is 0. The summed E-state index contributed by atoms with van der Waals surface area (Å²) in [7, 11) is 0. The summed E-state index contributed by atoms with van der Waals surface area (Å²) in [6.07, 6.45) is 5.70. The highest BCUT2D eigenvalue weighted by atomic mass is 79.9. The molecule has 0 nitrogen and oxygen atoms in total. The quantitative estimate of drug-likeness (QED) is 0.629. The lowest BCUT2D eigenvalue weighted by molar-refractivity contribution is 0.325. The van der Waals surface area contributed by atoms with Gasteiger partial charge in [0.05, 0.1) is 0 Å². The van der Waals surface area contributed by atoms with Crippen LogP contribution in [0.1, 0.15) is 46.5 Å². The minimum absolute atomic E-state index is 0.526. The molecule has 0 aromatic rings. The molecule has 0 spiro atoms. The molecule has 0 amide bonds. The van der Waals surface area contributed by atoms with Gasteiger partial charge >= 0.3 is 0 Å². The highest BCUT2D eigenvalue weighted by molar-refractivity contribution is 9.09. The molecule has 0 unspecified atom stereocenters. The summed E-state index contributed by atoms with van der Waals surface area (Å²) in [5.74, 6) is 0. The summed E-state index contributed by atoms with van der Waals surface area (Å²) in [6.45, 7) is 6.99. The molecule has 0 aliphatic heterocycles. The minimum Gasteiger partial charge on any atom is -0.0922 e. The van der Waals surface area contributed by atoms with Gasteiger partial charge in [-0.25, -0.2) is 0 Å². The van der Waals surface area contributed by atoms with E-state index in [1.165, 1.54) is 31.0 Å². The van der Waals surface area contributed by atoms with Crippen molar-refractivity contribution in [2.24, 2.45) is 10.8 Å². The molecule has 0 saturated heterocycles. The van der Waals surface area contributed by atoms with Crippen molar-refractivity contribution < 1.29 is 0 Å².